The van der Waals surface area contributed by atoms with Gasteiger partial charge in [-0.1, -0.05) is 12.8 Å². The molecule has 13 heavy (non-hydrogen) atoms. The van der Waals surface area contributed by atoms with Crippen LogP contribution in [0.5, 0.6) is 0 Å². The average molecular weight is 177 g/mol. The maximum atomic E-state index is 2.42. The van der Waals surface area contributed by atoms with Crippen molar-refractivity contribution in [3.05, 3.63) is 23.0 Å². The Morgan fingerprint density at radius 2 is 2.00 bits per heavy atom. The summed E-state index contributed by atoms with van der Waals surface area (Å²) in [6.07, 6.45) is 6.62. The van der Waals surface area contributed by atoms with Gasteiger partial charge in [0.2, 0.25) is 0 Å². The van der Waals surface area contributed by atoms with Gasteiger partial charge >= 0.3 is 0 Å². The molecule has 0 unspecified atom stereocenters. The zero-order chi connectivity index (χ0) is 9.42. The molecule has 0 atom stereocenters. The normalized spacial score (nSPS) is 16.5. The van der Waals surface area contributed by atoms with Gasteiger partial charge in [0.15, 0.2) is 0 Å². The van der Waals surface area contributed by atoms with Gasteiger partial charge in [-0.05, 0) is 44.2 Å². The second kappa shape index (κ2) is 3.21. The minimum atomic E-state index is 1.04. The molecule has 0 amide bonds. The highest BCUT2D eigenvalue weighted by atomic mass is 15.0. The van der Waals surface area contributed by atoms with E-state index in [1.807, 2.05) is 0 Å². The molecule has 1 aliphatic rings. The van der Waals surface area contributed by atoms with Crippen LogP contribution in [0.4, 0.5) is 0 Å². The lowest BCUT2D eigenvalue weighted by Gasteiger charge is -2.05. The number of rotatable bonds is 3. The summed E-state index contributed by atoms with van der Waals surface area (Å²) in [7, 11) is 0. The van der Waals surface area contributed by atoms with Gasteiger partial charge in [0.25, 0.3) is 0 Å². The van der Waals surface area contributed by atoms with E-state index in [0.717, 1.165) is 5.92 Å². The minimum absolute atomic E-state index is 1.04. The minimum Gasteiger partial charge on any atom is -0.351 e. The predicted molar refractivity (Wildman–Crippen MR) is 56.0 cm³/mol. The lowest BCUT2D eigenvalue weighted by Crippen LogP contribution is -1.99. The van der Waals surface area contributed by atoms with Crippen LogP contribution in [0, 0.1) is 26.7 Å². The van der Waals surface area contributed by atoms with E-state index in [2.05, 4.69) is 31.5 Å². The second-order valence-electron chi connectivity index (χ2n) is 4.45. The summed E-state index contributed by atoms with van der Waals surface area (Å²) < 4.78 is 2.42. The van der Waals surface area contributed by atoms with E-state index in [-0.39, 0.29) is 0 Å². The van der Waals surface area contributed by atoms with E-state index in [9.17, 15) is 0 Å². The van der Waals surface area contributed by atoms with Crippen molar-refractivity contribution in [3.63, 3.8) is 0 Å². The largest absolute Gasteiger partial charge is 0.351 e. The molecule has 1 aromatic rings. The Labute approximate surface area is 80.8 Å². The summed E-state index contributed by atoms with van der Waals surface area (Å²) in [6, 6.07) is 0. The van der Waals surface area contributed by atoms with Crippen LogP contribution in [0.15, 0.2) is 6.20 Å². The zero-order valence-electron chi connectivity index (χ0n) is 8.93. The molecule has 2 rings (SSSR count). The van der Waals surface area contributed by atoms with Crippen molar-refractivity contribution in [3.8, 4) is 0 Å². The second-order valence-corrected chi connectivity index (χ2v) is 4.45. The fourth-order valence-corrected chi connectivity index (χ4v) is 1.89. The summed E-state index contributed by atoms with van der Waals surface area (Å²) >= 11 is 0. The molecule has 1 heteroatoms. The van der Waals surface area contributed by atoms with E-state index >= 15 is 0 Å². The summed E-state index contributed by atoms with van der Waals surface area (Å²) in [6.45, 7) is 7.88. The highest BCUT2D eigenvalue weighted by Gasteiger charge is 2.20. The fraction of sp³-hybridized carbons (Fsp3) is 0.667. The number of aromatic nitrogens is 1. The maximum absolute atomic E-state index is 2.42. The Kier molecular flexibility index (Phi) is 2.19. The van der Waals surface area contributed by atoms with E-state index in [4.69, 9.17) is 0 Å². The Hall–Kier alpha value is -0.720. The van der Waals surface area contributed by atoms with Gasteiger partial charge in [0.1, 0.15) is 0 Å². The first kappa shape index (κ1) is 8.86. The molecule has 1 nitrogen and oxygen atoms in total. The molecule has 0 aliphatic heterocycles. The van der Waals surface area contributed by atoms with Crippen molar-refractivity contribution < 1.29 is 0 Å². The molecule has 0 radical (unpaired) electrons. The first-order valence-electron chi connectivity index (χ1n) is 5.31. The quantitative estimate of drug-likeness (QED) is 0.668. The van der Waals surface area contributed by atoms with Crippen molar-refractivity contribution >= 4 is 0 Å². The van der Waals surface area contributed by atoms with Gasteiger partial charge in [-0.15, -0.1) is 0 Å². The molecule has 0 saturated heterocycles. The van der Waals surface area contributed by atoms with Crippen LogP contribution in [-0.2, 0) is 6.54 Å². The molecular formula is C12H19N. The molecule has 1 heterocycles. The standard InChI is InChI=1S/C12H19N/c1-9-8-13(11(3)10(9)2)7-6-12-4-5-12/h8,12H,4-7H2,1-3H3. The predicted octanol–water partition coefficient (Wildman–Crippen LogP) is 3.21. The van der Waals surface area contributed by atoms with Crippen LogP contribution < -0.4 is 0 Å². The molecular weight excluding hydrogens is 158 g/mol. The van der Waals surface area contributed by atoms with E-state index in [0.29, 0.717) is 0 Å². The third-order valence-corrected chi connectivity index (χ3v) is 3.39. The topological polar surface area (TPSA) is 4.93 Å². The number of hydrogen-bond donors (Lipinski definition) is 0. The Bertz CT molecular complexity index is 305. The highest BCUT2D eigenvalue weighted by molar-refractivity contribution is 5.28. The summed E-state index contributed by atoms with van der Waals surface area (Å²) in [5.41, 5.74) is 4.36. The Morgan fingerprint density at radius 3 is 2.46 bits per heavy atom. The van der Waals surface area contributed by atoms with Crippen LogP contribution in [0.3, 0.4) is 0 Å². The monoisotopic (exact) mass is 177 g/mol. The lowest BCUT2D eigenvalue weighted by atomic mass is 10.2. The average Bonchev–Trinajstić information content (AvgIpc) is 2.89. The fourth-order valence-electron chi connectivity index (χ4n) is 1.89. The van der Waals surface area contributed by atoms with E-state index in [1.54, 1.807) is 0 Å². The molecule has 1 saturated carbocycles. The molecule has 0 spiro atoms. The first-order chi connectivity index (χ1) is 6.18. The molecule has 1 aromatic heterocycles. The van der Waals surface area contributed by atoms with Gasteiger partial charge in [0, 0.05) is 18.4 Å². The third-order valence-electron chi connectivity index (χ3n) is 3.39. The SMILES string of the molecule is Cc1cn(CCC2CC2)c(C)c1C. The van der Waals surface area contributed by atoms with Crippen LogP contribution >= 0.6 is 0 Å². The van der Waals surface area contributed by atoms with Crippen LogP contribution in [-0.4, -0.2) is 4.57 Å². The summed E-state index contributed by atoms with van der Waals surface area (Å²) in [5.74, 6) is 1.04. The summed E-state index contributed by atoms with van der Waals surface area (Å²) in [5, 5.41) is 0. The smallest absolute Gasteiger partial charge is 0.0225 e. The molecule has 72 valence electrons. The Morgan fingerprint density at radius 1 is 1.31 bits per heavy atom. The highest BCUT2D eigenvalue weighted by Crippen LogP contribution is 2.33. The molecule has 0 bridgehead atoms. The van der Waals surface area contributed by atoms with Gasteiger partial charge in [0.05, 0.1) is 0 Å². The van der Waals surface area contributed by atoms with E-state index in [1.165, 1.54) is 42.6 Å². The maximum Gasteiger partial charge on any atom is 0.0225 e. The number of hydrogen-bond acceptors (Lipinski definition) is 0. The van der Waals surface area contributed by atoms with Crippen molar-refractivity contribution in [2.45, 2.75) is 46.6 Å². The number of aryl methyl sites for hydroxylation is 2. The summed E-state index contributed by atoms with van der Waals surface area (Å²) in [4.78, 5) is 0. The first-order valence-corrected chi connectivity index (χ1v) is 5.31. The number of nitrogens with zero attached hydrogens (tertiary/aromatic N) is 1. The lowest BCUT2D eigenvalue weighted by molar-refractivity contribution is 0.587. The van der Waals surface area contributed by atoms with Crippen molar-refractivity contribution in [2.75, 3.05) is 0 Å². The van der Waals surface area contributed by atoms with Gasteiger partial charge < -0.3 is 4.57 Å². The van der Waals surface area contributed by atoms with Crippen LogP contribution in [0.25, 0.3) is 0 Å². The zero-order valence-corrected chi connectivity index (χ0v) is 8.93. The van der Waals surface area contributed by atoms with Crippen LogP contribution in [0.1, 0.15) is 36.1 Å². The molecule has 1 aliphatic carbocycles. The third kappa shape index (κ3) is 1.79. The van der Waals surface area contributed by atoms with Crippen molar-refractivity contribution in [2.24, 2.45) is 5.92 Å². The van der Waals surface area contributed by atoms with Gasteiger partial charge in [-0.3, -0.25) is 0 Å². The van der Waals surface area contributed by atoms with Gasteiger partial charge in [-0.2, -0.15) is 0 Å². The van der Waals surface area contributed by atoms with E-state index < -0.39 is 0 Å². The van der Waals surface area contributed by atoms with Crippen molar-refractivity contribution in [1.29, 1.82) is 0 Å². The Balaban J connectivity index is 2.05. The van der Waals surface area contributed by atoms with Crippen LogP contribution in [0.2, 0.25) is 0 Å². The van der Waals surface area contributed by atoms with Gasteiger partial charge in [-0.25, -0.2) is 0 Å². The molecule has 0 aromatic carbocycles. The van der Waals surface area contributed by atoms with Crippen molar-refractivity contribution in [1.82, 2.24) is 4.57 Å². The molecule has 1 fully saturated rings. The molecule has 0 N–H and O–H groups in total.